The molecule has 0 bridgehead atoms. The van der Waals surface area contributed by atoms with E-state index in [9.17, 15) is 4.79 Å². The maximum absolute atomic E-state index is 10.6. The monoisotopic (exact) mass is 149 g/mol. The highest BCUT2D eigenvalue weighted by Gasteiger charge is 2.05. The molecule has 1 radical (unpaired) electrons. The number of carbonyl (C=O) groups is 1. The molecule has 0 aliphatic carbocycles. The van der Waals surface area contributed by atoms with E-state index in [-0.39, 0.29) is 0 Å². The number of carboxylic acid groups (broad SMARTS) is 1. The number of hydrogen-bond donors (Lipinski definition) is 1. The molecule has 11 heavy (non-hydrogen) atoms. The molecule has 0 saturated heterocycles. The first kappa shape index (κ1) is 7.79. The van der Waals surface area contributed by atoms with Crippen LogP contribution in [0.25, 0.3) is 0 Å². The third kappa shape index (κ3) is 1.58. The Morgan fingerprint density at radius 2 is 2.45 bits per heavy atom. The molecule has 0 aliphatic heterocycles. The van der Waals surface area contributed by atoms with Crippen LogP contribution in [0, 0.1) is 6.07 Å². The van der Waals surface area contributed by atoms with Crippen molar-refractivity contribution in [3.8, 4) is 0 Å². The summed E-state index contributed by atoms with van der Waals surface area (Å²) >= 11 is 0. The minimum absolute atomic E-state index is 0.356. The second kappa shape index (κ2) is 3.19. The molecule has 0 aromatic heterocycles. The van der Waals surface area contributed by atoms with Gasteiger partial charge in [0, 0.05) is 0 Å². The molecule has 0 aliphatic rings. The summed E-state index contributed by atoms with van der Waals surface area (Å²) in [5.41, 5.74) is 1.12. The van der Waals surface area contributed by atoms with Gasteiger partial charge in [-0.1, -0.05) is 19.1 Å². The molecule has 1 aromatic rings. The SMILES string of the molecule is CCc1[c]cccc1C(=O)O. The Morgan fingerprint density at radius 1 is 1.73 bits per heavy atom. The average Bonchev–Trinajstić information content (AvgIpc) is 2.04. The largest absolute Gasteiger partial charge is 0.478 e. The van der Waals surface area contributed by atoms with Gasteiger partial charge in [-0.3, -0.25) is 0 Å². The summed E-state index contributed by atoms with van der Waals surface area (Å²) in [6.45, 7) is 1.91. The van der Waals surface area contributed by atoms with Crippen molar-refractivity contribution in [1.82, 2.24) is 0 Å². The van der Waals surface area contributed by atoms with Crippen molar-refractivity contribution >= 4 is 5.97 Å². The van der Waals surface area contributed by atoms with Gasteiger partial charge in [-0.05, 0) is 24.1 Å². The molecule has 1 aromatic carbocycles. The van der Waals surface area contributed by atoms with Gasteiger partial charge in [0.1, 0.15) is 0 Å². The standard InChI is InChI=1S/C9H9O2/c1-2-7-5-3-4-6-8(7)9(10)11/h3-4,6H,2H2,1H3,(H,10,11). The summed E-state index contributed by atoms with van der Waals surface area (Å²) in [6, 6.07) is 7.89. The molecule has 2 heteroatoms. The highest BCUT2D eigenvalue weighted by molar-refractivity contribution is 5.89. The normalized spacial score (nSPS) is 9.55. The highest BCUT2D eigenvalue weighted by Crippen LogP contribution is 2.07. The van der Waals surface area contributed by atoms with E-state index in [4.69, 9.17) is 5.11 Å². The van der Waals surface area contributed by atoms with E-state index in [0.29, 0.717) is 12.0 Å². The van der Waals surface area contributed by atoms with Gasteiger partial charge in [-0.2, -0.15) is 0 Å². The van der Waals surface area contributed by atoms with Gasteiger partial charge < -0.3 is 5.11 Å². The predicted octanol–water partition coefficient (Wildman–Crippen LogP) is 1.75. The molecule has 1 rings (SSSR count). The first-order valence-electron chi connectivity index (χ1n) is 3.48. The fourth-order valence-electron chi connectivity index (χ4n) is 0.964. The van der Waals surface area contributed by atoms with Gasteiger partial charge in [0.05, 0.1) is 5.56 Å². The minimum atomic E-state index is -0.876. The highest BCUT2D eigenvalue weighted by atomic mass is 16.4. The Labute approximate surface area is 65.5 Å². The predicted molar refractivity (Wildman–Crippen MR) is 41.6 cm³/mol. The van der Waals surface area contributed by atoms with E-state index >= 15 is 0 Å². The van der Waals surface area contributed by atoms with Crippen molar-refractivity contribution in [2.45, 2.75) is 13.3 Å². The maximum Gasteiger partial charge on any atom is 0.335 e. The van der Waals surface area contributed by atoms with Crippen LogP contribution in [-0.4, -0.2) is 11.1 Å². The van der Waals surface area contributed by atoms with Crippen molar-refractivity contribution in [2.75, 3.05) is 0 Å². The van der Waals surface area contributed by atoms with E-state index < -0.39 is 5.97 Å². The van der Waals surface area contributed by atoms with Crippen LogP contribution in [0.3, 0.4) is 0 Å². The summed E-state index contributed by atoms with van der Waals surface area (Å²) in [7, 11) is 0. The smallest absolute Gasteiger partial charge is 0.335 e. The lowest BCUT2D eigenvalue weighted by Gasteiger charge is -1.99. The molecule has 0 unspecified atom stereocenters. The van der Waals surface area contributed by atoms with Gasteiger partial charge in [0.2, 0.25) is 0 Å². The molecule has 0 heterocycles. The first-order valence-corrected chi connectivity index (χ1v) is 3.48. The van der Waals surface area contributed by atoms with Crippen LogP contribution in [0.4, 0.5) is 0 Å². The fourth-order valence-corrected chi connectivity index (χ4v) is 0.964. The molecular formula is C9H9O2. The quantitative estimate of drug-likeness (QED) is 0.695. The van der Waals surface area contributed by atoms with Crippen LogP contribution in [0.2, 0.25) is 0 Å². The third-order valence-electron chi connectivity index (χ3n) is 1.53. The topological polar surface area (TPSA) is 37.3 Å². The first-order chi connectivity index (χ1) is 5.25. The Morgan fingerprint density at radius 3 is 2.91 bits per heavy atom. The zero-order valence-electron chi connectivity index (χ0n) is 6.29. The molecule has 57 valence electrons. The van der Waals surface area contributed by atoms with E-state index in [1.807, 2.05) is 6.92 Å². The van der Waals surface area contributed by atoms with Gasteiger partial charge in [-0.25, -0.2) is 4.79 Å². The number of rotatable bonds is 2. The number of aryl methyl sites for hydroxylation is 1. The van der Waals surface area contributed by atoms with Crippen LogP contribution < -0.4 is 0 Å². The second-order valence-corrected chi connectivity index (χ2v) is 2.22. The lowest BCUT2D eigenvalue weighted by atomic mass is 10.1. The number of aromatic carboxylic acids is 1. The van der Waals surface area contributed by atoms with Crippen LogP contribution >= 0.6 is 0 Å². The number of carboxylic acids is 1. The van der Waals surface area contributed by atoms with Gasteiger partial charge in [0.15, 0.2) is 0 Å². The minimum Gasteiger partial charge on any atom is -0.478 e. The van der Waals surface area contributed by atoms with Crippen molar-refractivity contribution in [1.29, 1.82) is 0 Å². The van der Waals surface area contributed by atoms with E-state index in [1.54, 1.807) is 18.2 Å². The summed E-state index contributed by atoms with van der Waals surface area (Å²) < 4.78 is 0. The van der Waals surface area contributed by atoms with Crippen LogP contribution in [0.15, 0.2) is 18.2 Å². The van der Waals surface area contributed by atoms with Crippen molar-refractivity contribution < 1.29 is 9.90 Å². The molecule has 0 saturated carbocycles. The summed E-state index contributed by atoms with van der Waals surface area (Å²) in [5.74, 6) is -0.876. The van der Waals surface area contributed by atoms with Gasteiger partial charge in [0.25, 0.3) is 0 Å². The summed E-state index contributed by atoms with van der Waals surface area (Å²) in [4.78, 5) is 10.6. The Bertz CT molecular complexity index is 266. The maximum atomic E-state index is 10.6. The third-order valence-corrected chi connectivity index (χ3v) is 1.53. The number of benzene rings is 1. The molecule has 0 fully saturated rings. The Hall–Kier alpha value is -1.31. The van der Waals surface area contributed by atoms with E-state index in [0.717, 1.165) is 5.56 Å². The van der Waals surface area contributed by atoms with Gasteiger partial charge in [-0.15, -0.1) is 0 Å². The van der Waals surface area contributed by atoms with Gasteiger partial charge >= 0.3 is 5.97 Å². The van der Waals surface area contributed by atoms with Crippen LogP contribution in [0.5, 0.6) is 0 Å². The summed E-state index contributed by atoms with van der Waals surface area (Å²) in [5, 5.41) is 8.68. The van der Waals surface area contributed by atoms with E-state index in [2.05, 4.69) is 6.07 Å². The molecule has 0 amide bonds. The zero-order chi connectivity index (χ0) is 8.27. The molecule has 0 spiro atoms. The lowest BCUT2D eigenvalue weighted by molar-refractivity contribution is 0.0695. The summed E-state index contributed by atoms with van der Waals surface area (Å²) in [6.07, 6.45) is 0.711. The Kier molecular flexibility index (Phi) is 2.26. The zero-order valence-corrected chi connectivity index (χ0v) is 6.29. The van der Waals surface area contributed by atoms with E-state index in [1.165, 1.54) is 0 Å². The van der Waals surface area contributed by atoms with Crippen molar-refractivity contribution in [3.63, 3.8) is 0 Å². The van der Waals surface area contributed by atoms with Crippen molar-refractivity contribution in [3.05, 3.63) is 35.4 Å². The number of hydrogen-bond acceptors (Lipinski definition) is 1. The molecular weight excluding hydrogens is 140 g/mol. The second-order valence-electron chi connectivity index (χ2n) is 2.22. The van der Waals surface area contributed by atoms with Crippen LogP contribution in [0.1, 0.15) is 22.8 Å². The molecule has 0 atom stereocenters. The Balaban J connectivity index is 3.12. The molecule has 2 nitrogen and oxygen atoms in total. The molecule has 1 N–H and O–H groups in total. The lowest BCUT2D eigenvalue weighted by Crippen LogP contribution is -2.00. The average molecular weight is 149 g/mol. The van der Waals surface area contributed by atoms with Crippen molar-refractivity contribution in [2.24, 2.45) is 0 Å². The fraction of sp³-hybridized carbons (Fsp3) is 0.222. The van der Waals surface area contributed by atoms with Crippen LogP contribution in [-0.2, 0) is 6.42 Å².